The van der Waals surface area contributed by atoms with E-state index < -0.39 is 0 Å². The van der Waals surface area contributed by atoms with Crippen molar-refractivity contribution in [2.24, 2.45) is 0 Å². The molecule has 0 saturated carbocycles. The van der Waals surface area contributed by atoms with Crippen molar-refractivity contribution in [1.29, 1.82) is 0 Å². The molecule has 0 aromatic heterocycles. The third-order valence-electron chi connectivity index (χ3n) is 5.08. The lowest BCUT2D eigenvalue weighted by Crippen LogP contribution is -1.79. The molecular weight excluding hydrogens is 431 g/mol. The highest BCUT2D eigenvalue weighted by molar-refractivity contribution is 6.36. The Morgan fingerprint density at radius 2 is 0.625 bits per heavy atom. The summed E-state index contributed by atoms with van der Waals surface area (Å²) in [5, 5.41) is 1.48. The van der Waals surface area contributed by atoms with Crippen LogP contribution in [0.1, 0.15) is 33.4 Å². The predicted octanol–water partition coefficient (Wildman–Crippen LogP) is 9.88. The van der Waals surface area contributed by atoms with Gasteiger partial charge in [-0.2, -0.15) is 0 Å². The fourth-order valence-corrected chi connectivity index (χ4v) is 3.50. The highest BCUT2D eigenvalue weighted by atomic mass is 35.5. The van der Waals surface area contributed by atoms with Crippen LogP contribution in [0, 0.1) is 41.5 Å². The van der Waals surface area contributed by atoms with Gasteiger partial charge in [0, 0.05) is 10.0 Å². The molecule has 0 saturated heterocycles. The molecule has 4 aromatic rings. The van der Waals surface area contributed by atoms with Gasteiger partial charge in [0.15, 0.2) is 0 Å². The van der Waals surface area contributed by atoms with E-state index in [1.54, 1.807) is 0 Å². The maximum atomic E-state index is 5.83. The van der Waals surface area contributed by atoms with Crippen molar-refractivity contribution in [2.45, 2.75) is 41.5 Å². The molecule has 0 heterocycles. The molecular formula is C30H32Cl2. The first-order valence-electron chi connectivity index (χ1n) is 10.7. The van der Waals surface area contributed by atoms with Gasteiger partial charge >= 0.3 is 0 Å². The van der Waals surface area contributed by atoms with Crippen molar-refractivity contribution in [3.05, 3.63) is 128 Å². The van der Waals surface area contributed by atoms with Crippen molar-refractivity contribution >= 4 is 23.2 Å². The molecule has 4 rings (SSSR count). The lowest BCUT2D eigenvalue weighted by molar-refractivity contribution is 1.40. The monoisotopic (exact) mass is 462 g/mol. The lowest BCUT2D eigenvalue weighted by Gasteiger charge is -2.02. The van der Waals surface area contributed by atoms with Crippen LogP contribution in [0.15, 0.2) is 84.9 Å². The zero-order valence-corrected chi connectivity index (χ0v) is 21.4. The SMILES string of the molecule is Cc1cc(Cl)c(C)c(Cl)c1.Cc1ccc(-c2ccc(C)cc2)cc1.Cc1ccc(C)cc1. The molecule has 0 aliphatic heterocycles. The van der Waals surface area contributed by atoms with Crippen molar-refractivity contribution < 1.29 is 0 Å². The van der Waals surface area contributed by atoms with Crippen LogP contribution >= 0.6 is 23.2 Å². The molecule has 0 spiro atoms. The summed E-state index contributed by atoms with van der Waals surface area (Å²) in [6, 6.07) is 29.6. The highest BCUT2D eigenvalue weighted by Crippen LogP contribution is 2.24. The van der Waals surface area contributed by atoms with Crippen molar-refractivity contribution in [3.8, 4) is 11.1 Å². The van der Waals surface area contributed by atoms with Gasteiger partial charge < -0.3 is 0 Å². The molecule has 166 valence electrons. The molecule has 32 heavy (non-hydrogen) atoms. The minimum atomic E-state index is 0.741. The first-order valence-corrected chi connectivity index (χ1v) is 11.5. The molecule has 0 nitrogen and oxygen atoms in total. The Labute approximate surface area is 203 Å². The summed E-state index contributed by atoms with van der Waals surface area (Å²) >= 11 is 11.7. The van der Waals surface area contributed by atoms with E-state index in [1.165, 1.54) is 33.4 Å². The Balaban J connectivity index is 0.000000178. The maximum Gasteiger partial charge on any atom is 0.0452 e. The minimum absolute atomic E-state index is 0.741. The fourth-order valence-electron chi connectivity index (χ4n) is 2.90. The number of rotatable bonds is 1. The molecule has 0 bridgehead atoms. The third-order valence-corrected chi connectivity index (χ3v) is 5.87. The summed E-state index contributed by atoms with van der Waals surface area (Å²) in [5.41, 5.74) is 9.90. The number of benzene rings is 4. The number of hydrogen-bond donors (Lipinski definition) is 0. The largest absolute Gasteiger partial charge is 0.0840 e. The number of halogens is 2. The Hall–Kier alpha value is -2.54. The zero-order chi connectivity index (χ0) is 23.7. The minimum Gasteiger partial charge on any atom is -0.0840 e. The van der Waals surface area contributed by atoms with E-state index in [-0.39, 0.29) is 0 Å². The van der Waals surface area contributed by atoms with Gasteiger partial charge in [-0.3, -0.25) is 0 Å². The maximum absolute atomic E-state index is 5.83. The van der Waals surface area contributed by atoms with Gasteiger partial charge in [-0.1, -0.05) is 118 Å². The zero-order valence-electron chi connectivity index (χ0n) is 19.8. The van der Waals surface area contributed by atoms with Crippen LogP contribution in [-0.4, -0.2) is 0 Å². The van der Waals surface area contributed by atoms with Gasteiger partial charge in [0.1, 0.15) is 0 Å². The van der Waals surface area contributed by atoms with Crippen LogP contribution in [0.5, 0.6) is 0 Å². The Morgan fingerprint density at radius 1 is 0.375 bits per heavy atom. The Morgan fingerprint density at radius 3 is 0.906 bits per heavy atom. The van der Waals surface area contributed by atoms with Crippen LogP contribution < -0.4 is 0 Å². The van der Waals surface area contributed by atoms with Gasteiger partial charge in [-0.15, -0.1) is 0 Å². The lowest BCUT2D eigenvalue weighted by atomic mass is 10.0. The normalized spacial score (nSPS) is 9.88. The second kappa shape index (κ2) is 12.5. The van der Waals surface area contributed by atoms with Gasteiger partial charge in [0.25, 0.3) is 0 Å². The second-order valence-electron chi connectivity index (χ2n) is 8.24. The number of aryl methyl sites for hydroxylation is 5. The molecule has 0 unspecified atom stereocenters. The van der Waals surface area contributed by atoms with Crippen LogP contribution in [0.3, 0.4) is 0 Å². The van der Waals surface area contributed by atoms with Crippen molar-refractivity contribution in [3.63, 3.8) is 0 Å². The third kappa shape index (κ3) is 8.54. The number of hydrogen-bond acceptors (Lipinski definition) is 0. The van der Waals surface area contributed by atoms with E-state index >= 15 is 0 Å². The van der Waals surface area contributed by atoms with E-state index in [0.717, 1.165) is 21.2 Å². The average Bonchev–Trinajstić information content (AvgIpc) is 2.76. The molecule has 0 radical (unpaired) electrons. The summed E-state index contributed by atoms with van der Waals surface area (Å²) in [5.74, 6) is 0. The van der Waals surface area contributed by atoms with E-state index in [0.29, 0.717) is 0 Å². The first kappa shape index (κ1) is 25.7. The first-order chi connectivity index (χ1) is 15.2. The van der Waals surface area contributed by atoms with Gasteiger partial charge in [0.05, 0.1) is 0 Å². The summed E-state index contributed by atoms with van der Waals surface area (Å²) in [7, 11) is 0. The van der Waals surface area contributed by atoms with Gasteiger partial charge in [-0.05, 0) is 75.9 Å². The molecule has 0 N–H and O–H groups in total. The fraction of sp³-hybridized carbons (Fsp3) is 0.200. The van der Waals surface area contributed by atoms with Crippen LogP contribution in [-0.2, 0) is 0 Å². The molecule has 4 aromatic carbocycles. The van der Waals surface area contributed by atoms with Crippen molar-refractivity contribution in [2.75, 3.05) is 0 Å². The standard InChI is InChI=1S/C14H14.C8H8Cl2.C8H10/c1-11-3-7-13(8-4-11)14-9-5-12(2)6-10-14;1-5-3-7(9)6(2)8(10)4-5;1-7-3-5-8(2)6-4-7/h3-10H,1-2H3;3-4H,1-2H3;3-6H,1-2H3. The van der Waals surface area contributed by atoms with Crippen molar-refractivity contribution in [1.82, 2.24) is 0 Å². The van der Waals surface area contributed by atoms with E-state index in [2.05, 4.69) is 100 Å². The van der Waals surface area contributed by atoms with E-state index in [1.807, 2.05) is 26.0 Å². The molecule has 2 heteroatoms. The average molecular weight is 463 g/mol. The molecule has 0 aliphatic rings. The summed E-state index contributed by atoms with van der Waals surface area (Å²) in [6.45, 7) is 12.3. The van der Waals surface area contributed by atoms with Gasteiger partial charge in [0.2, 0.25) is 0 Å². The van der Waals surface area contributed by atoms with E-state index in [9.17, 15) is 0 Å². The summed E-state index contributed by atoms with van der Waals surface area (Å²) in [6.07, 6.45) is 0. The van der Waals surface area contributed by atoms with Crippen LogP contribution in [0.4, 0.5) is 0 Å². The molecule has 0 atom stereocenters. The molecule has 0 aliphatic carbocycles. The van der Waals surface area contributed by atoms with E-state index in [4.69, 9.17) is 23.2 Å². The van der Waals surface area contributed by atoms with Crippen LogP contribution in [0.2, 0.25) is 10.0 Å². The summed E-state index contributed by atoms with van der Waals surface area (Å²) in [4.78, 5) is 0. The summed E-state index contributed by atoms with van der Waals surface area (Å²) < 4.78 is 0. The molecule has 0 amide bonds. The highest BCUT2D eigenvalue weighted by Gasteiger charge is 2.00. The second-order valence-corrected chi connectivity index (χ2v) is 9.05. The topological polar surface area (TPSA) is 0 Å². The smallest absolute Gasteiger partial charge is 0.0452 e. The Bertz CT molecular complexity index is 1020. The molecule has 0 fully saturated rings. The van der Waals surface area contributed by atoms with Gasteiger partial charge in [-0.25, -0.2) is 0 Å². The van der Waals surface area contributed by atoms with Crippen LogP contribution in [0.25, 0.3) is 11.1 Å². The quantitative estimate of drug-likeness (QED) is 0.263. The predicted molar refractivity (Wildman–Crippen MR) is 143 cm³/mol. The Kier molecular flexibility index (Phi) is 10.0.